The molecule has 10 heteroatoms. The van der Waals surface area contributed by atoms with E-state index in [4.69, 9.17) is 9.47 Å². The molecule has 0 atom stereocenters. The number of rotatable bonds is 6. The van der Waals surface area contributed by atoms with Crippen LogP contribution >= 0.6 is 11.8 Å². The number of pyridine rings is 1. The number of fused-ring (bicyclic) bond motifs is 1. The van der Waals surface area contributed by atoms with E-state index in [1.807, 2.05) is 0 Å². The van der Waals surface area contributed by atoms with E-state index in [1.165, 1.54) is 0 Å². The first kappa shape index (κ1) is 22.5. The molecule has 0 unspecified atom stereocenters. The molecule has 1 aliphatic heterocycles. The lowest BCUT2D eigenvalue weighted by Gasteiger charge is -2.14. The molecular weight excluding hydrogens is 455 g/mol. The molecule has 33 heavy (non-hydrogen) atoms. The summed E-state index contributed by atoms with van der Waals surface area (Å²) in [4.78, 5) is 16.6. The van der Waals surface area contributed by atoms with Crippen molar-refractivity contribution in [1.29, 1.82) is 5.26 Å². The molecular formula is C23H16F3N3O3S. The number of carbonyl (C=O) groups is 1. The van der Waals surface area contributed by atoms with E-state index in [0.29, 0.717) is 17.1 Å². The molecule has 0 saturated heterocycles. The van der Waals surface area contributed by atoms with Crippen LogP contribution in [-0.2, 0) is 17.5 Å². The van der Waals surface area contributed by atoms with Crippen LogP contribution in [0.3, 0.4) is 0 Å². The van der Waals surface area contributed by atoms with E-state index in [9.17, 15) is 23.2 Å². The van der Waals surface area contributed by atoms with Gasteiger partial charge in [0.05, 0.1) is 22.6 Å². The number of hydrogen-bond acceptors (Lipinski definition) is 6. The molecule has 0 radical (unpaired) electrons. The molecule has 4 rings (SSSR count). The fraction of sp³-hybridized carbons (Fsp3) is 0.174. The summed E-state index contributed by atoms with van der Waals surface area (Å²) in [6.07, 6.45) is -4.74. The summed E-state index contributed by atoms with van der Waals surface area (Å²) >= 11 is 0.784. The Kier molecular flexibility index (Phi) is 6.42. The molecule has 0 bridgehead atoms. The van der Waals surface area contributed by atoms with Crippen molar-refractivity contribution in [2.75, 3.05) is 12.5 Å². The maximum absolute atomic E-state index is 13.6. The van der Waals surface area contributed by atoms with Gasteiger partial charge in [-0.05, 0) is 23.8 Å². The van der Waals surface area contributed by atoms with E-state index < -0.39 is 23.2 Å². The molecule has 2 heterocycles. The van der Waals surface area contributed by atoms with Gasteiger partial charge in [0.2, 0.25) is 12.7 Å². The van der Waals surface area contributed by atoms with Gasteiger partial charge in [0, 0.05) is 12.1 Å². The van der Waals surface area contributed by atoms with E-state index in [0.717, 1.165) is 23.4 Å². The number of thioether (sulfide) groups is 1. The standard InChI is InChI=1S/C23H16F3N3O3S/c24-23(25,26)17-9-18(15-4-2-1-3-5-15)29-22(16(17)10-27)33-12-21(30)28-11-14-6-7-19-20(8-14)32-13-31-19/h1-9H,11-13H2,(H,28,30). The molecule has 168 valence electrons. The summed E-state index contributed by atoms with van der Waals surface area (Å²) < 4.78 is 51.4. The third kappa shape index (κ3) is 5.21. The van der Waals surface area contributed by atoms with Crippen LogP contribution < -0.4 is 14.8 Å². The van der Waals surface area contributed by atoms with Gasteiger partial charge in [0.15, 0.2) is 11.5 Å². The first-order chi connectivity index (χ1) is 15.8. The SMILES string of the molecule is N#Cc1c(C(F)(F)F)cc(-c2ccccc2)nc1SCC(=O)NCc1ccc2c(c1)OCO2. The molecule has 0 aliphatic carbocycles. The highest BCUT2D eigenvalue weighted by Gasteiger charge is 2.36. The fourth-order valence-corrected chi connectivity index (χ4v) is 3.98. The predicted molar refractivity (Wildman–Crippen MR) is 115 cm³/mol. The zero-order valence-electron chi connectivity index (χ0n) is 17.0. The number of amides is 1. The van der Waals surface area contributed by atoms with Crippen LogP contribution in [0.5, 0.6) is 11.5 Å². The van der Waals surface area contributed by atoms with Gasteiger partial charge in [-0.25, -0.2) is 4.98 Å². The number of hydrogen-bond donors (Lipinski definition) is 1. The van der Waals surface area contributed by atoms with E-state index >= 15 is 0 Å². The third-order valence-corrected chi connectivity index (χ3v) is 5.72. The number of ether oxygens (including phenoxy) is 2. The average molecular weight is 471 g/mol. The first-order valence-corrected chi connectivity index (χ1v) is 10.7. The zero-order chi connectivity index (χ0) is 23.4. The van der Waals surface area contributed by atoms with Crippen LogP contribution in [0.2, 0.25) is 0 Å². The number of benzene rings is 2. The van der Waals surface area contributed by atoms with Gasteiger partial charge in [-0.1, -0.05) is 48.2 Å². The van der Waals surface area contributed by atoms with Gasteiger partial charge >= 0.3 is 6.18 Å². The number of halogens is 3. The van der Waals surface area contributed by atoms with Crippen molar-refractivity contribution in [3.63, 3.8) is 0 Å². The van der Waals surface area contributed by atoms with Crippen molar-refractivity contribution in [2.24, 2.45) is 0 Å². The third-order valence-electron chi connectivity index (χ3n) is 4.74. The highest BCUT2D eigenvalue weighted by molar-refractivity contribution is 8.00. The number of carbonyl (C=O) groups excluding carboxylic acids is 1. The zero-order valence-corrected chi connectivity index (χ0v) is 17.8. The Morgan fingerprint density at radius 2 is 1.88 bits per heavy atom. The van der Waals surface area contributed by atoms with Gasteiger partial charge in [-0.3, -0.25) is 4.79 Å². The van der Waals surface area contributed by atoms with Gasteiger partial charge in [-0.15, -0.1) is 0 Å². The summed E-state index contributed by atoms with van der Waals surface area (Å²) in [6.45, 7) is 0.338. The van der Waals surface area contributed by atoms with Crippen LogP contribution in [0, 0.1) is 11.3 Å². The maximum Gasteiger partial charge on any atom is 0.417 e. The Morgan fingerprint density at radius 1 is 1.12 bits per heavy atom. The smallest absolute Gasteiger partial charge is 0.417 e. The molecule has 1 aromatic heterocycles. The monoisotopic (exact) mass is 471 g/mol. The lowest BCUT2D eigenvalue weighted by molar-refractivity contribution is -0.138. The molecule has 0 spiro atoms. The van der Waals surface area contributed by atoms with Gasteiger partial charge in [-0.2, -0.15) is 18.4 Å². The average Bonchev–Trinajstić information content (AvgIpc) is 3.28. The maximum atomic E-state index is 13.6. The Balaban J connectivity index is 1.50. The minimum absolute atomic E-state index is 0.0743. The van der Waals surface area contributed by atoms with Crippen molar-refractivity contribution in [3.05, 3.63) is 71.3 Å². The fourth-order valence-electron chi connectivity index (χ4n) is 3.15. The second kappa shape index (κ2) is 9.42. The van der Waals surface area contributed by atoms with E-state index in [2.05, 4.69) is 10.3 Å². The Labute approximate surface area is 191 Å². The molecule has 2 aromatic carbocycles. The Hall–Kier alpha value is -3.71. The largest absolute Gasteiger partial charge is 0.454 e. The van der Waals surface area contributed by atoms with Crippen LogP contribution in [-0.4, -0.2) is 23.4 Å². The molecule has 0 saturated carbocycles. The van der Waals surface area contributed by atoms with E-state index in [-0.39, 0.29) is 29.8 Å². The quantitative estimate of drug-likeness (QED) is 0.521. The van der Waals surface area contributed by atoms with Crippen molar-refractivity contribution in [2.45, 2.75) is 17.7 Å². The summed E-state index contributed by atoms with van der Waals surface area (Å²) in [5.74, 6) is 0.579. The second-order valence-electron chi connectivity index (χ2n) is 6.96. The number of nitrogens with zero attached hydrogens (tertiary/aromatic N) is 2. The van der Waals surface area contributed by atoms with Gasteiger partial charge in [0.1, 0.15) is 11.1 Å². The number of alkyl halides is 3. The van der Waals surface area contributed by atoms with Gasteiger partial charge < -0.3 is 14.8 Å². The lowest BCUT2D eigenvalue weighted by Crippen LogP contribution is -2.24. The summed E-state index contributed by atoms with van der Waals surface area (Å²) in [5.41, 5.74) is -0.358. The minimum atomic E-state index is -4.74. The molecule has 1 amide bonds. The van der Waals surface area contributed by atoms with Crippen molar-refractivity contribution in [1.82, 2.24) is 10.3 Å². The number of nitrogens with one attached hydrogen (secondary N) is 1. The van der Waals surface area contributed by atoms with Crippen LogP contribution in [0.25, 0.3) is 11.3 Å². The van der Waals surface area contributed by atoms with Crippen molar-refractivity contribution in [3.8, 4) is 28.8 Å². The van der Waals surface area contributed by atoms with Gasteiger partial charge in [0.25, 0.3) is 0 Å². The topological polar surface area (TPSA) is 84.2 Å². The van der Waals surface area contributed by atoms with Crippen molar-refractivity contribution < 1.29 is 27.4 Å². The normalized spacial score (nSPS) is 12.3. The Bertz CT molecular complexity index is 1230. The van der Waals surface area contributed by atoms with Crippen LogP contribution in [0.15, 0.2) is 59.6 Å². The molecule has 3 aromatic rings. The Morgan fingerprint density at radius 3 is 2.61 bits per heavy atom. The molecule has 1 aliphatic rings. The van der Waals surface area contributed by atoms with Crippen LogP contribution in [0.1, 0.15) is 16.7 Å². The summed E-state index contributed by atoms with van der Waals surface area (Å²) in [5, 5.41) is 11.9. The minimum Gasteiger partial charge on any atom is -0.454 e. The molecule has 6 nitrogen and oxygen atoms in total. The van der Waals surface area contributed by atoms with E-state index in [1.54, 1.807) is 54.6 Å². The molecule has 0 fully saturated rings. The predicted octanol–water partition coefficient (Wildman–Crippen LogP) is 4.78. The summed E-state index contributed by atoms with van der Waals surface area (Å²) in [7, 11) is 0. The van der Waals surface area contributed by atoms with Crippen molar-refractivity contribution >= 4 is 17.7 Å². The number of aromatic nitrogens is 1. The van der Waals surface area contributed by atoms with Crippen LogP contribution in [0.4, 0.5) is 13.2 Å². The lowest BCUT2D eigenvalue weighted by atomic mass is 10.1. The highest BCUT2D eigenvalue weighted by atomic mass is 32.2. The first-order valence-electron chi connectivity index (χ1n) is 9.71. The summed E-state index contributed by atoms with van der Waals surface area (Å²) in [6, 6.07) is 16.0. The molecule has 1 N–H and O–H groups in total. The highest BCUT2D eigenvalue weighted by Crippen LogP contribution is 2.38. The number of nitriles is 1. The second-order valence-corrected chi connectivity index (χ2v) is 7.93.